The van der Waals surface area contributed by atoms with Crippen LogP contribution in [0.1, 0.15) is 40.2 Å². The normalized spacial score (nSPS) is 18.6. The monoisotopic (exact) mass is 264 g/mol. The summed E-state index contributed by atoms with van der Waals surface area (Å²) in [5, 5.41) is 10.0. The summed E-state index contributed by atoms with van der Waals surface area (Å²) in [6, 6.07) is 5.94. The van der Waals surface area contributed by atoms with Gasteiger partial charge in [0.1, 0.15) is 12.2 Å². The van der Waals surface area contributed by atoms with Gasteiger partial charge in [-0.3, -0.25) is 0 Å². The largest absolute Gasteiger partial charge is 0.487 e. The fourth-order valence-corrected chi connectivity index (χ4v) is 2.12. The van der Waals surface area contributed by atoms with Crippen LogP contribution < -0.4 is 9.47 Å². The van der Waals surface area contributed by atoms with Gasteiger partial charge >= 0.3 is 0 Å². The van der Waals surface area contributed by atoms with Gasteiger partial charge in [0.05, 0.1) is 6.10 Å². The number of fused-ring (bicyclic) bond motifs is 1. The number of hydrogen-bond donors (Lipinski definition) is 1. The van der Waals surface area contributed by atoms with Crippen LogP contribution >= 0.6 is 0 Å². The number of rotatable bonds is 3. The van der Waals surface area contributed by atoms with E-state index in [1.54, 1.807) is 0 Å². The van der Waals surface area contributed by atoms with Crippen molar-refractivity contribution >= 4 is 0 Å². The summed E-state index contributed by atoms with van der Waals surface area (Å²) in [4.78, 5) is 0. The smallest absolute Gasteiger partial charge is 0.165 e. The van der Waals surface area contributed by atoms with Crippen molar-refractivity contribution in [2.24, 2.45) is 5.41 Å². The van der Waals surface area contributed by atoms with Gasteiger partial charge < -0.3 is 14.6 Å². The fraction of sp³-hybridized carbons (Fsp3) is 0.625. The van der Waals surface area contributed by atoms with Gasteiger partial charge in [0.25, 0.3) is 0 Å². The maximum atomic E-state index is 10.0. The zero-order chi connectivity index (χ0) is 14.3. The molecule has 1 atom stereocenters. The first-order valence-electron chi connectivity index (χ1n) is 6.81. The Kier molecular flexibility index (Phi) is 3.52. The predicted molar refractivity (Wildman–Crippen MR) is 75.8 cm³/mol. The molecule has 0 saturated carbocycles. The van der Waals surface area contributed by atoms with Crippen LogP contribution in [0.5, 0.6) is 11.5 Å². The van der Waals surface area contributed by atoms with E-state index in [0.29, 0.717) is 0 Å². The summed E-state index contributed by atoms with van der Waals surface area (Å²) in [5.74, 6) is 1.56. The predicted octanol–water partition coefficient (Wildman–Crippen LogP) is 3.19. The minimum absolute atomic E-state index is 0.176. The summed E-state index contributed by atoms with van der Waals surface area (Å²) in [6.45, 7) is 10.4. The molecule has 1 aromatic carbocycles. The van der Waals surface area contributed by atoms with E-state index in [4.69, 9.17) is 9.47 Å². The lowest BCUT2D eigenvalue weighted by Crippen LogP contribution is -2.32. The number of hydrogen-bond acceptors (Lipinski definition) is 3. The highest BCUT2D eigenvalue weighted by atomic mass is 16.5. The summed E-state index contributed by atoms with van der Waals surface area (Å²) in [6.07, 6.45) is 0.388. The van der Waals surface area contributed by atoms with Crippen LogP contribution in [-0.2, 0) is 6.42 Å². The molecule has 1 heterocycles. The Balaban J connectivity index is 2.10. The number of aliphatic hydroxyl groups excluding tert-OH is 1. The number of para-hydroxylation sites is 1. The zero-order valence-electron chi connectivity index (χ0n) is 12.5. The molecule has 0 amide bonds. The molecule has 1 unspecified atom stereocenters. The second-order valence-electron chi connectivity index (χ2n) is 6.98. The molecule has 1 aromatic rings. The zero-order valence-corrected chi connectivity index (χ0v) is 12.5. The maximum Gasteiger partial charge on any atom is 0.165 e. The van der Waals surface area contributed by atoms with Crippen molar-refractivity contribution in [2.45, 2.75) is 52.7 Å². The van der Waals surface area contributed by atoms with Crippen molar-refractivity contribution in [3.8, 4) is 11.5 Å². The molecule has 0 radical (unpaired) electrons. The van der Waals surface area contributed by atoms with Gasteiger partial charge in [-0.2, -0.15) is 0 Å². The topological polar surface area (TPSA) is 38.7 Å². The quantitative estimate of drug-likeness (QED) is 0.911. The summed E-state index contributed by atoms with van der Waals surface area (Å²) < 4.78 is 11.7. The lowest BCUT2D eigenvalue weighted by molar-refractivity contribution is 0.0201. The van der Waals surface area contributed by atoms with Crippen LogP contribution in [0.3, 0.4) is 0 Å². The molecule has 1 aliphatic heterocycles. The van der Waals surface area contributed by atoms with Crippen LogP contribution in [-0.4, -0.2) is 23.4 Å². The molecular weight excluding hydrogens is 240 g/mol. The molecule has 0 fully saturated rings. The van der Waals surface area contributed by atoms with E-state index in [1.807, 2.05) is 32.9 Å². The number of aliphatic hydroxyl groups is 1. The van der Waals surface area contributed by atoms with Gasteiger partial charge in [-0.15, -0.1) is 0 Å². The summed E-state index contributed by atoms with van der Waals surface area (Å²) in [5.41, 5.74) is 0.815. The molecule has 0 aromatic heterocycles. The molecule has 2 rings (SSSR count). The van der Waals surface area contributed by atoms with Crippen molar-refractivity contribution in [3.05, 3.63) is 23.8 Å². The molecule has 1 N–H and O–H groups in total. The molecule has 0 aliphatic carbocycles. The molecule has 19 heavy (non-hydrogen) atoms. The molecule has 106 valence electrons. The second-order valence-corrected chi connectivity index (χ2v) is 6.98. The van der Waals surface area contributed by atoms with Crippen LogP contribution in [0.2, 0.25) is 0 Å². The van der Waals surface area contributed by atoms with Crippen molar-refractivity contribution in [1.29, 1.82) is 0 Å². The van der Waals surface area contributed by atoms with Crippen LogP contribution in [0, 0.1) is 5.41 Å². The highest BCUT2D eigenvalue weighted by molar-refractivity contribution is 5.50. The second kappa shape index (κ2) is 4.71. The third kappa shape index (κ3) is 3.21. The highest BCUT2D eigenvalue weighted by Crippen LogP contribution is 2.41. The average Bonchev–Trinajstić information content (AvgIpc) is 2.58. The van der Waals surface area contributed by atoms with E-state index in [1.165, 1.54) is 5.56 Å². The number of benzene rings is 1. The third-order valence-electron chi connectivity index (χ3n) is 3.45. The Morgan fingerprint density at radius 3 is 2.68 bits per heavy atom. The minimum atomic E-state index is -0.502. The Morgan fingerprint density at radius 2 is 2.05 bits per heavy atom. The molecule has 0 saturated heterocycles. The maximum absolute atomic E-state index is 10.0. The summed E-state index contributed by atoms with van der Waals surface area (Å²) in [7, 11) is 0. The Bertz CT molecular complexity index is 458. The van der Waals surface area contributed by atoms with Gasteiger partial charge in [0, 0.05) is 12.0 Å². The van der Waals surface area contributed by atoms with Crippen molar-refractivity contribution in [2.75, 3.05) is 6.61 Å². The Hall–Kier alpha value is -1.22. The van der Waals surface area contributed by atoms with E-state index in [0.717, 1.165) is 17.9 Å². The molecule has 0 bridgehead atoms. The van der Waals surface area contributed by atoms with Gasteiger partial charge in [0.2, 0.25) is 0 Å². The Labute approximate surface area is 115 Å². The van der Waals surface area contributed by atoms with Gasteiger partial charge in [0.15, 0.2) is 11.5 Å². The lowest BCUT2D eigenvalue weighted by Gasteiger charge is -2.26. The molecular formula is C16H24O3. The number of ether oxygens (including phenoxy) is 2. The Morgan fingerprint density at radius 1 is 1.37 bits per heavy atom. The minimum Gasteiger partial charge on any atom is -0.487 e. The molecule has 3 heteroatoms. The molecule has 1 aliphatic rings. The van der Waals surface area contributed by atoms with E-state index in [2.05, 4.69) is 19.9 Å². The van der Waals surface area contributed by atoms with E-state index >= 15 is 0 Å². The van der Waals surface area contributed by atoms with Crippen LogP contribution in [0.4, 0.5) is 0 Å². The van der Waals surface area contributed by atoms with Crippen molar-refractivity contribution in [3.63, 3.8) is 0 Å². The first-order chi connectivity index (χ1) is 8.69. The van der Waals surface area contributed by atoms with E-state index in [9.17, 15) is 5.11 Å². The fourth-order valence-electron chi connectivity index (χ4n) is 2.12. The summed E-state index contributed by atoms with van der Waals surface area (Å²) >= 11 is 0. The SMILES string of the molecule is CC1(C)Cc2cccc(OCC(O)C(C)(C)C)c2O1. The van der Waals surface area contributed by atoms with Crippen LogP contribution in [0.25, 0.3) is 0 Å². The van der Waals surface area contributed by atoms with E-state index < -0.39 is 6.10 Å². The van der Waals surface area contributed by atoms with Gasteiger partial charge in [-0.25, -0.2) is 0 Å². The highest BCUT2D eigenvalue weighted by Gasteiger charge is 2.32. The van der Waals surface area contributed by atoms with Crippen molar-refractivity contribution < 1.29 is 14.6 Å². The van der Waals surface area contributed by atoms with E-state index in [-0.39, 0.29) is 17.6 Å². The first-order valence-corrected chi connectivity index (χ1v) is 6.81. The molecule has 0 spiro atoms. The molecule has 3 nitrogen and oxygen atoms in total. The third-order valence-corrected chi connectivity index (χ3v) is 3.45. The van der Waals surface area contributed by atoms with Gasteiger partial charge in [-0.05, 0) is 25.3 Å². The average molecular weight is 264 g/mol. The van der Waals surface area contributed by atoms with Crippen molar-refractivity contribution in [1.82, 2.24) is 0 Å². The first kappa shape index (κ1) is 14.2. The van der Waals surface area contributed by atoms with Crippen LogP contribution in [0.15, 0.2) is 18.2 Å². The van der Waals surface area contributed by atoms with Gasteiger partial charge in [-0.1, -0.05) is 32.9 Å². The standard InChI is InChI=1S/C16H24O3/c1-15(2,3)13(17)10-18-12-8-6-7-11-9-16(4,5)19-14(11)12/h6-8,13,17H,9-10H2,1-5H3. The lowest BCUT2D eigenvalue weighted by atomic mass is 9.90.